The molecule has 132 valence electrons. The van der Waals surface area contributed by atoms with E-state index in [-0.39, 0.29) is 22.1 Å². The Morgan fingerprint density at radius 2 is 1.96 bits per heavy atom. The molecule has 0 radical (unpaired) electrons. The van der Waals surface area contributed by atoms with Gasteiger partial charge < -0.3 is 10.1 Å². The number of anilines is 1. The summed E-state index contributed by atoms with van der Waals surface area (Å²) in [4.78, 5) is 22.8. The zero-order chi connectivity index (χ0) is 18.7. The van der Waals surface area contributed by atoms with Gasteiger partial charge in [-0.2, -0.15) is 5.10 Å². The molecule has 3 aromatic rings. The highest BCUT2D eigenvalue weighted by Crippen LogP contribution is 2.28. The second-order valence-electron chi connectivity index (χ2n) is 5.27. The molecule has 0 saturated carbocycles. The summed E-state index contributed by atoms with van der Waals surface area (Å²) in [5.74, 6) is 0.153. The zero-order valence-electron chi connectivity index (χ0n) is 13.5. The second kappa shape index (κ2) is 7.24. The maximum Gasteiger partial charge on any atom is 0.294 e. The van der Waals surface area contributed by atoms with Gasteiger partial charge in [0, 0.05) is 16.7 Å². The van der Waals surface area contributed by atoms with Gasteiger partial charge in [-0.25, -0.2) is 0 Å². The van der Waals surface area contributed by atoms with Gasteiger partial charge in [-0.05, 0) is 42.5 Å². The molecule has 2 aromatic carbocycles. The van der Waals surface area contributed by atoms with Gasteiger partial charge >= 0.3 is 0 Å². The van der Waals surface area contributed by atoms with E-state index in [9.17, 15) is 14.9 Å². The largest absolute Gasteiger partial charge is 0.497 e. The van der Waals surface area contributed by atoms with Crippen LogP contribution in [0, 0.1) is 10.1 Å². The van der Waals surface area contributed by atoms with Crippen LogP contribution in [0.25, 0.3) is 11.3 Å². The van der Waals surface area contributed by atoms with Gasteiger partial charge in [0.25, 0.3) is 11.6 Å². The lowest BCUT2D eigenvalue weighted by molar-refractivity contribution is -0.383. The molecule has 8 nitrogen and oxygen atoms in total. The summed E-state index contributed by atoms with van der Waals surface area (Å²) in [5.41, 5.74) is 1.27. The highest BCUT2D eigenvalue weighted by molar-refractivity contribution is 6.31. The number of carbonyl (C=O) groups excluding carboxylic acids is 1. The van der Waals surface area contributed by atoms with Gasteiger partial charge in [-0.1, -0.05) is 11.6 Å². The van der Waals surface area contributed by atoms with Crippen molar-refractivity contribution in [1.29, 1.82) is 0 Å². The highest BCUT2D eigenvalue weighted by atomic mass is 35.5. The Labute approximate surface area is 152 Å². The minimum absolute atomic E-state index is 0.0463. The Kier molecular flexibility index (Phi) is 4.85. The Bertz CT molecular complexity index is 969. The molecule has 2 N–H and O–H groups in total. The third-order valence-electron chi connectivity index (χ3n) is 3.61. The van der Waals surface area contributed by atoms with Crippen LogP contribution in [0.3, 0.4) is 0 Å². The third kappa shape index (κ3) is 3.65. The van der Waals surface area contributed by atoms with Crippen LogP contribution in [0.5, 0.6) is 5.75 Å². The molecule has 1 amide bonds. The van der Waals surface area contributed by atoms with Crippen LogP contribution < -0.4 is 10.1 Å². The van der Waals surface area contributed by atoms with E-state index in [0.29, 0.717) is 11.4 Å². The summed E-state index contributed by atoms with van der Waals surface area (Å²) in [6, 6.07) is 12.7. The van der Waals surface area contributed by atoms with Crippen molar-refractivity contribution in [3.8, 4) is 17.0 Å². The standard InChI is InChI=1S/C17H13ClN4O4/c1-26-12-5-2-10(3-6-12)14-9-15(21-20-14)17(23)19-13-7-4-11(18)8-16(13)22(24)25/h2-9H,1H3,(H,19,23)(H,20,21). The summed E-state index contributed by atoms with van der Waals surface area (Å²) in [7, 11) is 1.57. The zero-order valence-corrected chi connectivity index (χ0v) is 14.3. The SMILES string of the molecule is COc1ccc(-c2cc(C(=O)Nc3ccc(Cl)cc3[N+](=O)[O-])[nH]n2)cc1. The number of rotatable bonds is 5. The summed E-state index contributed by atoms with van der Waals surface area (Å²) >= 11 is 5.76. The lowest BCUT2D eigenvalue weighted by Crippen LogP contribution is -2.13. The van der Waals surface area contributed by atoms with Crippen molar-refractivity contribution >= 4 is 28.9 Å². The van der Waals surface area contributed by atoms with Gasteiger partial charge in [-0.15, -0.1) is 0 Å². The van der Waals surface area contributed by atoms with Crippen LogP contribution in [-0.2, 0) is 0 Å². The molecule has 0 aliphatic carbocycles. The minimum atomic E-state index is -0.614. The highest BCUT2D eigenvalue weighted by Gasteiger charge is 2.18. The van der Waals surface area contributed by atoms with Crippen LogP contribution in [0.15, 0.2) is 48.5 Å². The van der Waals surface area contributed by atoms with E-state index in [4.69, 9.17) is 16.3 Å². The molecule has 0 unspecified atom stereocenters. The molecule has 0 atom stereocenters. The average molecular weight is 373 g/mol. The van der Waals surface area contributed by atoms with Gasteiger partial charge in [-0.3, -0.25) is 20.0 Å². The fraction of sp³-hybridized carbons (Fsp3) is 0.0588. The van der Waals surface area contributed by atoms with E-state index >= 15 is 0 Å². The number of H-pyrrole nitrogens is 1. The molecule has 0 bridgehead atoms. The van der Waals surface area contributed by atoms with Crippen molar-refractivity contribution in [2.45, 2.75) is 0 Å². The van der Waals surface area contributed by atoms with Crippen molar-refractivity contribution in [2.75, 3.05) is 12.4 Å². The number of nitro benzene ring substituents is 1. The minimum Gasteiger partial charge on any atom is -0.497 e. The second-order valence-corrected chi connectivity index (χ2v) is 5.70. The van der Waals surface area contributed by atoms with E-state index in [1.807, 2.05) is 0 Å². The van der Waals surface area contributed by atoms with Gasteiger partial charge in [0.05, 0.1) is 17.7 Å². The van der Waals surface area contributed by atoms with Gasteiger partial charge in [0.2, 0.25) is 0 Å². The number of ether oxygens (including phenoxy) is 1. The molecular formula is C17H13ClN4O4. The van der Waals surface area contributed by atoms with Crippen molar-refractivity contribution < 1.29 is 14.5 Å². The average Bonchev–Trinajstić information content (AvgIpc) is 3.13. The molecule has 3 rings (SSSR count). The van der Waals surface area contributed by atoms with Crippen molar-refractivity contribution in [3.05, 3.63) is 69.4 Å². The number of hydrogen-bond acceptors (Lipinski definition) is 5. The summed E-state index contributed by atoms with van der Waals surface area (Å²) in [5, 5.41) is 20.5. The number of methoxy groups -OCH3 is 1. The number of nitrogens with zero attached hydrogens (tertiary/aromatic N) is 2. The molecule has 0 fully saturated rings. The fourth-order valence-electron chi connectivity index (χ4n) is 2.30. The summed E-state index contributed by atoms with van der Waals surface area (Å²) in [6.07, 6.45) is 0. The van der Waals surface area contributed by atoms with E-state index in [0.717, 1.165) is 5.56 Å². The number of amides is 1. The van der Waals surface area contributed by atoms with Gasteiger partial charge in [0.15, 0.2) is 0 Å². The Morgan fingerprint density at radius 3 is 2.62 bits per heavy atom. The summed E-state index contributed by atoms with van der Waals surface area (Å²) < 4.78 is 5.10. The van der Waals surface area contributed by atoms with Crippen molar-refractivity contribution in [1.82, 2.24) is 10.2 Å². The van der Waals surface area contributed by atoms with E-state index < -0.39 is 10.8 Å². The number of halogens is 1. The predicted octanol–water partition coefficient (Wildman–Crippen LogP) is 3.90. The van der Waals surface area contributed by atoms with Crippen molar-refractivity contribution in [3.63, 3.8) is 0 Å². The Hall–Kier alpha value is -3.39. The molecule has 1 heterocycles. The molecular weight excluding hydrogens is 360 g/mol. The summed E-state index contributed by atoms with van der Waals surface area (Å²) in [6.45, 7) is 0. The first-order chi connectivity index (χ1) is 12.5. The number of carbonyl (C=O) groups is 1. The number of benzene rings is 2. The number of aromatic amines is 1. The number of hydrogen-bond donors (Lipinski definition) is 2. The molecule has 0 aliphatic rings. The quantitative estimate of drug-likeness (QED) is 0.521. The van der Waals surface area contributed by atoms with Crippen LogP contribution in [-0.4, -0.2) is 28.1 Å². The van der Waals surface area contributed by atoms with Gasteiger partial charge in [0.1, 0.15) is 17.1 Å². The maximum absolute atomic E-state index is 12.4. The lowest BCUT2D eigenvalue weighted by Gasteiger charge is -2.04. The Morgan fingerprint density at radius 1 is 1.23 bits per heavy atom. The fourth-order valence-corrected chi connectivity index (χ4v) is 2.47. The van der Waals surface area contributed by atoms with Crippen LogP contribution in [0.2, 0.25) is 5.02 Å². The molecule has 0 spiro atoms. The van der Waals surface area contributed by atoms with E-state index in [1.54, 1.807) is 37.4 Å². The Balaban J connectivity index is 1.81. The topological polar surface area (TPSA) is 110 Å². The normalized spacial score (nSPS) is 10.4. The van der Waals surface area contributed by atoms with E-state index in [1.165, 1.54) is 18.2 Å². The van der Waals surface area contributed by atoms with Crippen LogP contribution in [0.4, 0.5) is 11.4 Å². The molecule has 1 aromatic heterocycles. The third-order valence-corrected chi connectivity index (χ3v) is 3.85. The predicted molar refractivity (Wildman–Crippen MR) is 96.6 cm³/mol. The van der Waals surface area contributed by atoms with E-state index in [2.05, 4.69) is 15.5 Å². The monoisotopic (exact) mass is 372 g/mol. The first-order valence-corrected chi connectivity index (χ1v) is 7.81. The first kappa shape index (κ1) is 17.4. The number of nitrogens with one attached hydrogen (secondary N) is 2. The van der Waals surface area contributed by atoms with Crippen LogP contribution >= 0.6 is 11.6 Å². The molecule has 26 heavy (non-hydrogen) atoms. The lowest BCUT2D eigenvalue weighted by atomic mass is 10.1. The molecule has 0 saturated heterocycles. The van der Waals surface area contributed by atoms with Crippen LogP contribution in [0.1, 0.15) is 10.5 Å². The maximum atomic E-state index is 12.4. The number of nitro groups is 1. The number of aromatic nitrogens is 2. The molecule has 9 heteroatoms. The van der Waals surface area contributed by atoms with Crippen molar-refractivity contribution in [2.24, 2.45) is 0 Å². The molecule has 0 aliphatic heterocycles. The first-order valence-electron chi connectivity index (χ1n) is 7.43. The smallest absolute Gasteiger partial charge is 0.294 e.